The van der Waals surface area contributed by atoms with E-state index in [9.17, 15) is 0 Å². The van der Waals surface area contributed by atoms with Crippen LogP contribution in [0.5, 0.6) is 0 Å². The second-order valence-electron chi connectivity index (χ2n) is 7.92. The molecule has 0 atom stereocenters. The predicted octanol–water partition coefficient (Wildman–Crippen LogP) is 9.08. The monoisotopic (exact) mass is 506 g/mol. The van der Waals surface area contributed by atoms with Gasteiger partial charge in [-0.15, -0.1) is 0 Å². The van der Waals surface area contributed by atoms with Gasteiger partial charge in [-0.2, -0.15) is 0 Å². The van der Waals surface area contributed by atoms with Gasteiger partial charge in [0.25, 0.3) is 0 Å². The maximum Gasteiger partial charge on any atom is 0.0293 e. The van der Waals surface area contributed by atoms with Gasteiger partial charge in [0.1, 0.15) is 0 Å². The molecule has 0 nitrogen and oxygen atoms in total. The van der Waals surface area contributed by atoms with Crippen LogP contribution in [0.4, 0.5) is 0 Å². The molecule has 0 saturated carbocycles. The molecule has 6 aromatic rings. The lowest BCUT2D eigenvalue weighted by Crippen LogP contribution is -1.90. The van der Waals surface area contributed by atoms with Crippen LogP contribution in [0.3, 0.4) is 0 Å². The van der Waals surface area contributed by atoms with Crippen molar-refractivity contribution >= 4 is 54.9 Å². The average molecular weight is 506 g/mol. The van der Waals surface area contributed by atoms with Crippen molar-refractivity contribution < 1.29 is 0 Å². The van der Waals surface area contributed by atoms with Crippen molar-refractivity contribution in [2.75, 3.05) is 0 Å². The second-order valence-corrected chi connectivity index (χ2v) is 9.00. The molecule has 1 heteroatoms. The maximum atomic E-state index is 2.53. The van der Waals surface area contributed by atoms with Crippen molar-refractivity contribution in [3.05, 3.63) is 119 Å². The van der Waals surface area contributed by atoms with Crippen LogP contribution in [-0.4, -0.2) is 0 Å². The molecule has 0 aromatic heterocycles. The summed E-state index contributed by atoms with van der Waals surface area (Å²) in [5, 5.41) is 7.80. The van der Waals surface area contributed by atoms with Crippen molar-refractivity contribution in [1.82, 2.24) is 0 Å². The van der Waals surface area contributed by atoms with Gasteiger partial charge in [-0.05, 0) is 83.7 Å². The van der Waals surface area contributed by atoms with Crippen molar-refractivity contribution in [2.45, 2.75) is 0 Å². The van der Waals surface area contributed by atoms with E-state index in [2.05, 4.69) is 138 Å². The van der Waals surface area contributed by atoms with Gasteiger partial charge >= 0.3 is 0 Å². The lowest BCUT2D eigenvalue weighted by Gasteiger charge is -2.15. The van der Waals surface area contributed by atoms with E-state index >= 15 is 0 Å². The van der Waals surface area contributed by atoms with Gasteiger partial charge in [-0.1, -0.05) is 103 Å². The van der Waals surface area contributed by atoms with Crippen LogP contribution in [-0.2, 0) is 0 Å². The predicted molar refractivity (Wildman–Crippen MR) is 143 cm³/mol. The SMILES string of the molecule is Ic1c(-c2cccc(-c3ccc4ccccc4c3)c2)c2ccccc2c2ccccc12. The van der Waals surface area contributed by atoms with Crippen LogP contribution >= 0.6 is 22.6 Å². The van der Waals surface area contributed by atoms with E-state index in [1.165, 1.54) is 58.1 Å². The molecule has 0 spiro atoms. The zero-order valence-corrected chi connectivity index (χ0v) is 19.0. The summed E-state index contributed by atoms with van der Waals surface area (Å²) < 4.78 is 1.31. The lowest BCUT2D eigenvalue weighted by atomic mass is 9.91. The third kappa shape index (κ3) is 3.12. The largest absolute Gasteiger partial charge is 0.0616 e. The van der Waals surface area contributed by atoms with E-state index in [1.54, 1.807) is 0 Å². The molecule has 6 aromatic carbocycles. The minimum absolute atomic E-state index is 1.25. The van der Waals surface area contributed by atoms with E-state index in [4.69, 9.17) is 0 Å². The van der Waals surface area contributed by atoms with Crippen LogP contribution in [0.2, 0.25) is 0 Å². The summed E-state index contributed by atoms with van der Waals surface area (Å²) >= 11 is 2.53. The number of rotatable bonds is 2. The van der Waals surface area contributed by atoms with Gasteiger partial charge < -0.3 is 0 Å². The Balaban J connectivity index is 1.61. The molecule has 0 aliphatic carbocycles. The van der Waals surface area contributed by atoms with Crippen molar-refractivity contribution in [3.8, 4) is 22.3 Å². The number of benzene rings is 6. The molecular weight excluding hydrogens is 487 g/mol. The minimum atomic E-state index is 1.25. The molecule has 6 rings (SSSR count). The van der Waals surface area contributed by atoms with Gasteiger partial charge in [-0.25, -0.2) is 0 Å². The molecule has 0 N–H and O–H groups in total. The first-order valence-electron chi connectivity index (χ1n) is 10.5. The van der Waals surface area contributed by atoms with E-state index in [0.29, 0.717) is 0 Å². The van der Waals surface area contributed by atoms with E-state index in [0.717, 1.165) is 0 Å². The van der Waals surface area contributed by atoms with Crippen LogP contribution in [0.1, 0.15) is 0 Å². The summed E-state index contributed by atoms with van der Waals surface area (Å²) in [5.41, 5.74) is 5.08. The van der Waals surface area contributed by atoms with Gasteiger partial charge in [-0.3, -0.25) is 0 Å². The standard InChI is InChI=1S/C30H19I/c31-30-28-15-6-4-13-26(28)25-12-3-5-14-27(25)29(30)24-11-7-10-22(19-24)23-17-16-20-8-1-2-9-21(20)18-23/h1-19H. The fraction of sp³-hybridized carbons (Fsp3) is 0. The Morgan fingerprint density at radius 2 is 0.968 bits per heavy atom. The third-order valence-electron chi connectivity index (χ3n) is 6.10. The van der Waals surface area contributed by atoms with E-state index < -0.39 is 0 Å². The lowest BCUT2D eigenvalue weighted by molar-refractivity contribution is 1.61. The highest BCUT2D eigenvalue weighted by Gasteiger charge is 2.14. The smallest absolute Gasteiger partial charge is 0.0293 e. The zero-order valence-electron chi connectivity index (χ0n) is 16.8. The summed E-state index contributed by atoms with van der Waals surface area (Å²) in [7, 11) is 0. The Labute approximate surface area is 195 Å². The highest BCUT2D eigenvalue weighted by molar-refractivity contribution is 14.1. The highest BCUT2D eigenvalue weighted by atomic mass is 127. The van der Waals surface area contributed by atoms with Gasteiger partial charge in [0.2, 0.25) is 0 Å². The summed E-state index contributed by atoms with van der Waals surface area (Å²) in [6.45, 7) is 0. The molecule has 146 valence electrons. The molecule has 0 saturated heterocycles. The molecule has 0 bridgehead atoms. The second kappa shape index (κ2) is 7.51. The first-order valence-corrected chi connectivity index (χ1v) is 11.6. The molecule has 0 amide bonds. The Hall–Kier alpha value is -3.17. The Morgan fingerprint density at radius 3 is 1.77 bits per heavy atom. The maximum absolute atomic E-state index is 2.53. The summed E-state index contributed by atoms with van der Waals surface area (Å²) in [5.74, 6) is 0. The highest BCUT2D eigenvalue weighted by Crippen LogP contribution is 2.40. The number of fused-ring (bicyclic) bond motifs is 4. The van der Waals surface area contributed by atoms with Gasteiger partial charge in [0.05, 0.1) is 0 Å². The molecule has 0 aliphatic rings. The molecule has 31 heavy (non-hydrogen) atoms. The fourth-order valence-electron chi connectivity index (χ4n) is 4.60. The molecule has 0 fully saturated rings. The minimum Gasteiger partial charge on any atom is -0.0616 e. The Kier molecular flexibility index (Phi) is 4.50. The molecular formula is C30H19I. The van der Waals surface area contributed by atoms with Gasteiger partial charge in [0, 0.05) is 9.13 Å². The summed E-state index contributed by atoms with van der Waals surface area (Å²) in [6.07, 6.45) is 0. The first-order chi connectivity index (χ1) is 15.3. The molecule has 0 aliphatic heterocycles. The molecule has 0 heterocycles. The van der Waals surface area contributed by atoms with Gasteiger partial charge in [0.15, 0.2) is 0 Å². The topological polar surface area (TPSA) is 0 Å². The van der Waals surface area contributed by atoms with Crippen molar-refractivity contribution in [2.24, 2.45) is 0 Å². The Morgan fingerprint density at radius 1 is 0.387 bits per heavy atom. The summed E-state index contributed by atoms with van der Waals surface area (Å²) in [4.78, 5) is 0. The van der Waals surface area contributed by atoms with E-state index in [1.807, 2.05) is 0 Å². The van der Waals surface area contributed by atoms with E-state index in [-0.39, 0.29) is 0 Å². The normalized spacial score (nSPS) is 11.4. The molecule has 0 unspecified atom stereocenters. The fourth-order valence-corrected chi connectivity index (χ4v) is 5.68. The number of hydrogen-bond donors (Lipinski definition) is 0. The van der Waals surface area contributed by atoms with Crippen LogP contribution in [0, 0.1) is 3.57 Å². The van der Waals surface area contributed by atoms with Crippen LogP contribution in [0.25, 0.3) is 54.6 Å². The molecule has 0 radical (unpaired) electrons. The quantitative estimate of drug-likeness (QED) is 0.162. The number of hydrogen-bond acceptors (Lipinski definition) is 0. The number of halogens is 1. The summed E-state index contributed by atoms with van der Waals surface area (Å²) in [6, 6.07) is 41.7. The average Bonchev–Trinajstić information content (AvgIpc) is 2.84. The van der Waals surface area contributed by atoms with Crippen LogP contribution < -0.4 is 0 Å². The van der Waals surface area contributed by atoms with Crippen molar-refractivity contribution in [1.29, 1.82) is 0 Å². The van der Waals surface area contributed by atoms with Crippen LogP contribution in [0.15, 0.2) is 115 Å². The van der Waals surface area contributed by atoms with Crippen molar-refractivity contribution in [3.63, 3.8) is 0 Å². The first kappa shape index (κ1) is 18.6. The Bertz CT molecular complexity index is 1590. The zero-order chi connectivity index (χ0) is 20.8. The third-order valence-corrected chi connectivity index (χ3v) is 7.22.